The molecule has 0 saturated carbocycles. The number of thiophene rings is 1. The van der Waals surface area contributed by atoms with Gasteiger partial charge in [-0.3, -0.25) is 0 Å². The van der Waals surface area contributed by atoms with E-state index in [2.05, 4.69) is 0 Å². The van der Waals surface area contributed by atoms with Gasteiger partial charge in [-0.15, -0.1) is 11.3 Å². The van der Waals surface area contributed by atoms with Crippen molar-refractivity contribution in [3.63, 3.8) is 0 Å². The maximum absolute atomic E-state index is 11.0. The number of aromatic carboxylic acids is 1. The molecule has 0 radical (unpaired) electrons. The van der Waals surface area contributed by atoms with E-state index in [1.54, 1.807) is 6.07 Å². The molecule has 0 saturated heterocycles. The monoisotopic (exact) mass is 278 g/mol. The second kappa shape index (κ2) is 5.86. The van der Waals surface area contributed by atoms with Crippen molar-refractivity contribution in [2.75, 3.05) is 0 Å². The molecule has 1 aromatic heterocycles. The number of hydrogen-bond donors (Lipinski definition) is 2. The van der Waals surface area contributed by atoms with Gasteiger partial charge in [0, 0.05) is 4.88 Å². The molecular weight excluding hydrogens is 264 g/mol. The summed E-state index contributed by atoms with van der Waals surface area (Å²) in [6, 6.07) is 9.07. The molecule has 19 heavy (non-hydrogen) atoms. The minimum absolute atomic E-state index is 0.00796. The Balaban J connectivity index is 2.07. The van der Waals surface area contributed by atoms with Crippen molar-refractivity contribution in [2.24, 2.45) is 0 Å². The van der Waals surface area contributed by atoms with Crippen molar-refractivity contribution in [1.29, 1.82) is 0 Å². The summed E-state index contributed by atoms with van der Waals surface area (Å²) >= 11 is 1.21. The molecule has 0 bridgehead atoms. The smallest absolute Gasteiger partial charge is 0.349 e. The molecule has 0 atom stereocenters. The fraction of sp³-hybridized carbons (Fsp3) is 0.214. The summed E-state index contributed by atoms with van der Waals surface area (Å²) in [6.45, 7) is 2.16. The number of hydrogen-bond acceptors (Lipinski definition) is 4. The van der Waals surface area contributed by atoms with E-state index >= 15 is 0 Å². The number of benzene rings is 1. The third-order valence-corrected chi connectivity index (χ3v) is 3.64. The van der Waals surface area contributed by atoms with E-state index in [-0.39, 0.29) is 11.5 Å². The Kier molecular flexibility index (Phi) is 4.19. The molecule has 2 rings (SSSR count). The zero-order valence-corrected chi connectivity index (χ0v) is 11.2. The van der Waals surface area contributed by atoms with E-state index in [4.69, 9.17) is 14.9 Å². The van der Waals surface area contributed by atoms with Crippen LogP contribution >= 0.6 is 11.3 Å². The first-order valence-corrected chi connectivity index (χ1v) is 6.57. The highest BCUT2D eigenvalue weighted by Gasteiger charge is 2.15. The largest absolute Gasteiger partial charge is 0.487 e. The summed E-state index contributed by atoms with van der Waals surface area (Å²) in [4.78, 5) is 12.2. The van der Waals surface area contributed by atoms with Crippen LogP contribution in [0.2, 0.25) is 0 Å². The molecule has 0 fully saturated rings. The minimum atomic E-state index is -0.969. The van der Waals surface area contributed by atoms with Gasteiger partial charge in [0.05, 0.1) is 6.61 Å². The average molecular weight is 278 g/mol. The van der Waals surface area contributed by atoms with Gasteiger partial charge in [-0.1, -0.05) is 24.3 Å². The molecule has 4 nitrogen and oxygen atoms in total. The highest BCUT2D eigenvalue weighted by atomic mass is 32.1. The van der Waals surface area contributed by atoms with Crippen LogP contribution in [0.15, 0.2) is 30.3 Å². The number of aryl methyl sites for hydroxylation is 1. The van der Waals surface area contributed by atoms with Crippen molar-refractivity contribution in [2.45, 2.75) is 20.1 Å². The number of carboxylic acid groups (broad SMARTS) is 1. The van der Waals surface area contributed by atoms with E-state index in [1.165, 1.54) is 11.3 Å². The Bertz CT molecular complexity index is 572. The summed E-state index contributed by atoms with van der Waals surface area (Å²) in [5, 5.41) is 18.0. The summed E-state index contributed by atoms with van der Waals surface area (Å²) in [5.41, 5.74) is 1.76. The zero-order valence-electron chi connectivity index (χ0n) is 10.4. The molecule has 0 aliphatic rings. The lowest BCUT2D eigenvalue weighted by atomic mass is 10.1. The third kappa shape index (κ3) is 3.33. The van der Waals surface area contributed by atoms with Crippen molar-refractivity contribution in [3.05, 3.63) is 51.2 Å². The number of aliphatic hydroxyl groups excluding tert-OH is 1. The van der Waals surface area contributed by atoms with Gasteiger partial charge in [0.15, 0.2) is 4.88 Å². The lowest BCUT2D eigenvalue weighted by molar-refractivity contribution is 0.0697. The van der Waals surface area contributed by atoms with Gasteiger partial charge >= 0.3 is 5.97 Å². The van der Waals surface area contributed by atoms with Crippen molar-refractivity contribution in [1.82, 2.24) is 0 Å². The van der Waals surface area contributed by atoms with E-state index in [9.17, 15) is 4.79 Å². The maximum atomic E-state index is 11.0. The first kappa shape index (κ1) is 13.6. The highest BCUT2D eigenvalue weighted by molar-refractivity contribution is 7.14. The first-order chi connectivity index (χ1) is 9.10. The van der Waals surface area contributed by atoms with Gasteiger partial charge in [0.2, 0.25) is 0 Å². The third-order valence-electron chi connectivity index (χ3n) is 2.62. The molecule has 0 aliphatic carbocycles. The fourth-order valence-corrected chi connectivity index (χ4v) is 2.44. The Morgan fingerprint density at radius 2 is 1.89 bits per heavy atom. The van der Waals surface area contributed by atoms with Crippen LogP contribution in [0, 0.1) is 6.92 Å². The first-order valence-electron chi connectivity index (χ1n) is 5.75. The number of aliphatic hydroxyl groups is 1. The number of ether oxygens (including phenoxy) is 1. The van der Waals surface area contributed by atoms with Gasteiger partial charge in [0.25, 0.3) is 0 Å². The van der Waals surface area contributed by atoms with Gasteiger partial charge in [-0.05, 0) is 24.1 Å². The molecule has 2 N–H and O–H groups in total. The lowest BCUT2D eigenvalue weighted by Crippen LogP contribution is -2.00. The maximum Gasteiger partial charge on any atom is 0.349 e. The van der Waals surface area contributed by atoms with Crippen LogP contribution < -0.4 is 4.74 Å². The molecule has 100 valence electrons. The second-order valence-corrected chi connectivity index (χ2v) is 5.38. The quantitative estimate of drug-likeness (QED) is 0.882. The van der Waals surface area contributed by atoms with Crippen LogP contribution in [0.4, 0.5) is 0 Å². The predicted octanol–water partition coefficient (Wildman–Crippen LogP) is 2.83. The van der Waals surface area contributed by atoms with Crippen molar-refractivity contribution in [3.8, 4) is 5.75 Å². The van der Waals surface area contributed by atoms with E-state index in [1.807, 2.05) is 31.2 Å². The molecule has 1 heterocycles. The predicted molar refractivity (Wildman–Crippen MR) is 72.7 cm³/mol. The standard InChI is InChI=1S/C14H14O4S/c1-9-6-12(13(19-9)14(16)17)18-8-11-4-2-10(7-15)3-5-11/h2-6,15H,7-8H2,1H3,(H,16,17). The summed E-state index contributed by atoms with van der Waals surface area (Å²) in [6.07, 6.45) is 0. The Hall–Kier alpha value is -1.85. The molecule has 2 aromatic rings. The Morgan fingerprint density at radius 3 is 2.47 bits per heavy atom. The Morgan fingerprint density at radius 1 is 1.26 bits per heavy atom. The molecule has 0 aliphatic heterocycles. The van der Waals surface area contributed by atoms with Gasteiger partial charge < -0.3 is 14.9 Å². The number of carbonyl (C=O) groups is 1. The van der Waals surface area contributed by atoms with Gasteiger partial charge in [0.1, 0.15) is 12.4 Å². The second-order valence-electron chi connectivity index (χ2n) is 4.12. The SMILES string of the molecule is Cc1cc(OCc2ccc(CO)cc2)c(C(=O)O)s1. The average Bonchev–Trinajstić information content (AvgIpc) is 2.78. The summed E-state index contributed by atoms with van der Waals surface area (Å²) in [7, 11) is 0. The molecule has 0 unspecified atom stereocenters. The van der Waals surface area contributed by atoms with E-state index in [0.717, 1.165) is 16.0 Å². The topological polar surface area (TPSA) is 66.8 Å². The normalized spacial score (nSPS) is 10.4. The lowest BCUT2D eigenvalue weighted by Gasteiger charge is -2.06. The van der Waals surface area contributed by atoms with Crippen LogP contribution in [0.3, 0.4) is 0 Å². The minimum Gasteiger partial charge on any atom is -0.487 e. The van der Waals surface area contributed by atoms with Crippen molar-refractivity contribution >= 4 is 17.3 Å². The van der Waals surface area contributed by atoms with E-state index < -0.39 is 5.97 Å². The summed E-state index contributed by atoms with van der Waals surface area (Å²) < 4.78 is 5.55. The number of carboxylic acids is 1. The van der Waals surface area contributed by atoms with Gasteiger partial charge in [-0.2, -0.15) is 0 Å². The molecule has 0 amide bonds. The highest BCUT2D eigenvalue weighted by Crippen LogP contribution is 2.29. The fourth-order valence-electron chi connectivity index (χ4n) is 1.65. The molecule has 5 heteroatoms. The number of rotatable bonds is 5. The molecular formula is C14H14O4S. The summed E-state index contributed by atoms with van der Waals surface area (Å²) in [5.74, 6) is -0.565. The van der Waals surface area contributed by atoms with Crippen LogP contribution in [0.25, 0.3) is 0 Å². The van der Waals surface area contributed by atoms with Crippen LogP contribution in [0.1, 0.15) is 25.7 Å². The van der Waals surface area contributed by atoms with Crippen LogP contribution in [0.5, 0.6) is 5.75 Å². The zero-order chi connectivity index (χ0) is 13.8. The van der Waals surface area contributed by atoms with Gasteiger partial charge in [-0.25, -0.2) is 4.79 Å². The van der Waals surface area contributed by atoms with Crippen LogP contribution in [-0.4, -0.2) is 16.2 Å². The molecule has 0 spiro atoms. The van der Waals surface area contributed by atoms with E-state index in [0.29, 0.717) is 12.4 Å². The molecule has 1 aromatic carbocycles. The van der Waals surface area contributed by atoms with Crippen molar-refractivity contribution < 1.29 is 19.7 Å². The Labute approximate surface area is 114 Å². The van der Waals surface area contributed by atoms with Crippen LogP contribution in [-0.2, 0) is 13.2 Å².